The molecule has 4 heteroatoms. The first kappa shape index (κ1) is 11.0. The van der Waals surface area contributed by atoms with Gasteiger partial charge in [0.05, 0.1) is 5.52 Å². The standard InChI is InChI=1S/C13H12BrFN2/c14-10-4-3-9-5-11(15)13(17-12(9)6-10)16-7-8-1-2-8/h3-6,8H,1-2,7H2,(H,16,17). The quantitative estimate of drug-likeness (QED) is 0.927. The molecular formula is C13H12BrFN2. The highest BCUT2D eigenvalue weighted by Gasteiger charge is 2.21. The lowest BCUT2D eigenvalue weighted by molar-refractivity contribution is 0.626. The molecule has 1 fully saturated rings. The van der Waals surface area contributed by atoms with E-state index in [2.05, 4.69) is 26.2 Å². The molecule has 2 nitrogen and oxygen atoms in total. The summed E-state index contributed by atoms with van der Waals surface area (Å²) in [5.41, 5.74) is 0.805. The minimum absolute atomic E-state index is 0.277. The third-order valence-electron chi connectivity index (χ3n) is 2.99. The van der Waals surface area contributed by atoms with Crippen molar-refractivity contribution >= 4 is 32.7 Å². The maximum absolute atomic E-state index is 13.8. The Morgan fingerprint density at radius 1 is 1.35 bits per heavy atom. The molecule has 0 saturated heterocycles. The molecule has 0 aliphatic heterocycles. The Morgan fingerprint density at radius 2 is 2.18 bits per heavy atom. The van der Waals surface area contributed by atoms with E-state index in [0.717, 1.165) is 21.9 Å². The summed E-state index contributed by atoms with van der Waals surface area (Å²) < 4.78 is 14.7. The molecule has 0 amide bonds. The zero-order valence-corrected chi connectivity index (χ0v) is 10.8. The summed E-state index contributed by atoms with van der Waals surface area (Å²) in [7, 11) is 0. The van der Waals surface area contributed by atoms with E-state index in [1.54, 1.807) is 0 Å². The number of nitrogens with zero attached hydrogens (tertiary/aromatic N) is 1. The van der Waals surface area contributed by atoms with Gasteiger partial charge in [-0.15, -0.1) is 0 Å². The lowest BCUT2D eigenvalue weighted by Gasteiger charge is -2.07. The van der Waals surface area contributed by atoms with Crippen LogP contribution in [0.1, 0.15) is 12.8 Å². The molecule has 1 N–H and O–H groups in total. The molecule has 1 heterocycles. The Labute approximate surface area is 107 Å². The van der Waals surface area contributed by atoms with Crippen molar-refractivity contribution in [3.8, 4) is 0 Å². The van der Waals surface area contributed by atoms with Crippen LogP contribution in [-0.2, 0) is 0 Å². The van der Waals surface area contributed by atoms with Crippen molar-refractivity contribution in [2.75, 3.05) is 11.9 Å². The summed E-state index contributed by atoms with van der Waals surface area (Å²) in [6.45, 7) is 0.823. The Hall–Kier alpha value is -1.16. The van der Waals surface area contributed by atoms with Gasteiger partial charge in [0, 0.05) is 16.4 Å². The third kappa shape index (κ3) is 2.41. The van der Waals surface area contributed by atoms with E-state index in [1.807, 2.05) is 18.2 Å². The molecule has 0 radical (unpaired) electrons. The number of nitrogens with one attached hydrogen (secondary N) is 1. The summed E-state index contributed by atoms with van der Waals surface area (Å²) in [6, 6.07) is 7.18. The SMILES string of the molecule is Fc1cc2ccc(Br)cc2nc1NCC1CC1. The topological polar surface area (TPSA) is 24.9 Å². The minimum atomic E-state index is -0.277. The van der Waals surface area contributed by atoms with E-state index in [0.29, 0.717) is 11.7 Å². The van der Waals surface area contributed by atoms with Crippen molar-refractivity contribution in [1.82, 2.24) is 4.98 Å². The number of rotatable bonds is 3. The van der Waals surface area contributed by atoms with E-state index in [4.69, 9.17) is 0 Å². The van der Waals surface area contributed by atoms with Crippen LogP contribution >= 0.6 is 15.9 Å². The fourth-order valence-corrected chi connectivity index (χ4v) is 2.15. The van der Waals surface area contributed by atoms with Crippen molar-refractivity contribution in [1.29, 1.82) is 0 Å². The summed E-state index contributed by atoms with van der Waals surface area (Å²) in [5, 5.41) is 3.91. The van der Waals surface area contributed by atoms with E-state index in [9.17, 15) is 4.39 Å². The molecule has 1 aliphatic carbocycles. The van der Waals surface area contributed by atoms with Crippen molar-refractivity contribution < 1.29 is 4.39 Å². The van der Waals surface area contributed by atoms with Gasteiger partial charge in [0.2, 0.25) is 0 Å². The molecular weight excluding hydrogens is 283 g/mol. The van der Waals surface area contributed by atoms with Crippen LogP contribution in [0.25, 0.3) is 10.9 Å². The summed E-state index contributed by atoms with van der Waals surface area (Å²) in [4.78, 5) is 4.32. The van der Waals surface area contributed by atoms with E-state index in [-0.39, 0.29) is 5.82 Å². The highest BCUT2D eigenvalue weighted by molar-refractivity contribution is 9.10. The number of pyridine rings is 1. The van der Waals surface area contributed by atoms with Gasteiger partial charge in [0.15, 0.2) is 11.6 Å². The number of fused-ring (bicyclic) bond motifs is 1. The molecule has 0 spiro atoms. The van der Waals surface area contributed by atoms with Gasteiger partial charge in [-0.3, -0.25) is 0 Å². The lowest BCUT2D eigenvalue weighted by atomic mass is 10.2. The second kappa shape index (κ2) is 4.26. The van der Waals surface area contributed by atoms with Gasteiger partial charge in [-0.1, -0.05) is 22.0 Å². The largest absolute Gasteiger partial charge is 0.367 e. The molecule has 1 aromatic heterocycles. The van der Waals surface area contributed by atoms with Gasteiger partial charge in [-0.05, 0) is 37.0 Å². The van der Waals surface area contributed by atoms with Gasteiger partial charge in [0.25, 0.3) is 0 Å². The second-order valence-electron chi connectivity index (χ2n) is 4.48. The predicted octanol–water partition coefficient (Wildman–Crippen LogP) is 3.96. The molecule has 1 aliphatic rings. The number of aromatic nitrogens is 1. The normalized spacial score (nSPS) is 15.2. The zero-order chi connectivity index (χ0) is 11.8. The van der Waals surface area contributed by atoms with Gasteiger partial charge in [-0.25, -0.2) is 9.37 Å². The van der Waals surface area contributed by atoms with Crippen molar-refractivity contribution in [2.45, 2.75) is 12.8 Å². The fraction of sp³-hybridized carbons (Fsp3) is 0.308. The first-order valence-electron chi connectivity index (χ1n) is 5.72. The maximum Gasteiger partial charge on any atom is 0.166 e. The number of anilines is 1. The molecule has 0 bridgehead atoms. The number of hydrogen-bond donors (Lipinski definition) is 1. The average molecular weight is 295 g/mol. The Morgan fingerprint density at radius 3 is 2.94 bits per heavy atom. The Balaban J connectivity index is 1.95. The molecule has 0 unspecified atom stereocenters. The molecule has 3 rings (SSSR count). The van der Waals surface area contributed by atoms with Crippen LogP contribution in [0.2, 0.25) is 0 Å². The average Bonchev–Trinajstić information content (AvgIpc) is 3.11. The highest BCUT2D eigenvalue weighted by atomic mass is 79.9. The first-order chi connectivity index (χ1) is 8.22. The van der Waals surface area contributed by atoms with Crippen LogP contribution in [0.4, 0.5) is 10.2 Å². The molecule has 17 heavy (non-hydrogen) atoms. The number of halogens is 2. The molecule has 1 aromatic carbocycles. The van der Waals surface area contributed by atoms with Crippen molar-refractivity contribution in [3.05, 3.63) is 34.6 Å². The summed E-state index contributed by atoms with van der Waals surface area (Å²) in [5.74, 6) is 0.789. The van der Waals surface area contributed by atoms with Gasteiger partial charge < -0.3 is 5.32 Å². The first-order valence-corrected chi connectivity index (χ1v) is 6.51. The van der Waals surface area contributed by atoms with Gasteiger partial charge in [-0.2, -0.15) is 0 Å². The summed E-state index contributed by atoms with van der Waals surface area (Å²) in [6.07, 6.45) is 2.49. The van der Waals surface area contributed by atoms with Crippen LogP contribution in [-0.4, -0.2) is 11.5 Å². The maximum atomic E-state index is 13.8. The highest BCUT2D eigenvalue weighted by Crippen LogP contribution is 2.29. The smallest absolute Gasteiger partial charge is 0.166 e. The summed E-state index contributed by atoms with van der Waals surface area (Å²) >= 11 is 3.39. The van der Waals surface area contributed by atoms with Crippen LogP contribution in [0.5, 0.6) is 0 Å². The number of benzene rings is 1. The molecule has 88 valence electrons. The monoisotopic (exact) mass is 294 g/mol. The number of hydrogen-bond acceptors (Lipinski definition) is 2. The lowest BCUT2D eigenvalue weighted by Crippen LogP contribution is -2.07. The van der Waals surface area contributed by atoms with Gasteiger partial charge in [0.1, 0.15) is 0 Å². The van der Waals surface area contributed by atoms with E-state index < -0.39 is 0 Å². The zero-order valence-electron chi connectivity index (χ0n) is 9.21. The fourth-order valence-electron chi connectivity index (χ4n) is 1.80. The van der Waals surface area contributed by atoms with Crippen LogP contribution in [0.3, 0.4) is 0 Å². The Bertz CT molecular complexity index is 567. The van der Waals surface area contributed by atoms with Crippen molar-refractivity contribution in [2.24, 2.45) is 5.92 Å². The minimum Gasteiger partial charge on any atom is -0.367 e. The van der Waals surface area contributed by atoms with Crippen molar-refractivity contribution in [3.63, 3.8) is 0 Å². The predicted molar refractivity (Wildman–Crippen MR) is 70.6 cm³/mol. The van der Waals surface area contributed by atoms with Crippen LogP contribution in [0.15, 0.2) is 28.7 Å². The van der Waals surface area contributed by atoms with Crippen LogP contribution < -0.4 is 5.32 Å². The second-order valence-corrected chi connectivity index (χ2v) is 5.40. The molecule has 0 atom stereocenters. The molecule has 2 aromatic rings. The van der Waals surface area contributed by atoms with E-state index in [1.165, 1.54) is 18.9 Å². The Kier molecular flexibility index (Phi) is 2.74. The van der Waals surface area contributed by atoms with Crippen LogP contribution in [0, 0.1) is 11.7 Å². The third-order valence-corrected chi connectivity index (χ3v) is 3.48. The van der Waals surface area contributed by atoms with Gasteiger partial charge >= 0.3 is 0 Å². The molecule has 1 saturated carbocycles. The van der Waals surface area contributed by atoms with E-state index >= 15 is 0 Å².